The Kier molecular flexibility index (Phi) is 5.11. The number of hydrogen-bond acceptors (Lipinski definition) is 3. The van der Waals surface area contributed by atoms with Gasteiger partial charge >= 0.3 is 0 Å². The Labute approximate surface area is 133 Å². The third-order valence-corrected chi connectivity index (χ3v) is 5.20. The van der Waals surface area contributed by atoms with Crippen LogP contribution in [0.4, 0.5) is 5.69 Å². The number of likely N-dealkylation sites (tertiary alicyclic amines) is 1. The number of anilines is 1. The summed E-state index contributed by atoms with van der Waals surface area (Å²) in [6.07, 6.45) is 3.25. The highest BCUT2D eigenvalue weighted by atomic mass is 32.2. The predicted octanol–water partition coefficient (Wildman–Crippen LogP) is 2.02. The Bertz CT molecular complexity index is 643. The van der Waals surface area contributed by atoms with Crippen LogP contribution in [0.3, 0.4) is 0 Å². The number of carbonyl (C=O) groups excluding carboxylic acids is 1. The zero-order valence-electron chi connectivity index (χ0n) is 13.4. The Hall–Kier alpha value is -1.56. The monoisotopic (exact) mass is 324 g/mol. The van der Waals surface area contributed by atoms with Gasteiger partial charge in [-0.15, -0.1) is 0 Å². The summed E-state index contributed by atoms with van der Waals surface area (Å²) in [6, 6.07) is 7.23. The molecule has 6 heteroatoms. The summed E-state index contributed by atoms with van der Waals surface area (Å²) < 4.78 is 25.5. The van der Waals surface area contributed by atoms with Crippen LogP contribution in [0.2, 0.25) is 0 Å². The molecule has 0 spiro atoms. The molecule has 0 aromatic heterocycles. The molecule has 0 saturated carbocycles. The van der Waals surface area contributed by atoms with Gasteiger partial charge in [0, 0.05) is 13.1 Å². The first-order valence-electron chi connectivity index (χ1n) is 7.60. The van der Waals surface area contributed by atoms with Gasteiger partial charge in [-0.1, -0.05) is 25.1 Å². The lowest BCUT2D eigenvalue weighted by Gasteiger charge is -2.33. The topological polar surface area (TPSA) is 57.7 Å². The number of para-hydroxylation sites is 1. The second kappa shape index (κ2) is 6.69. The van der Waals surface area contributed by atoms with Gasteiger partial charge in [0.1, 0.15) is 6.54 Å². The molecule has 1 aliphatic heterocycles. The van der Waals surface area contributed by atoms with Crippen molar-refractivity contribution in [2.75, 3.05) is 30.2 Å². The summed E-state index contributed by atoms with van der Waals surface area (Å²) in [5.74, 6) is 0.350. The lowest BCUT2D eigenvalue weighted by molar-refractivity contribution is -0.131. The van der Waals surface area contributed by atoms with Crippen LogP contribution in [-0.2, 0) is 14.8 Å². The first-order valence-corrected chi connectivity index (χ1v) is 9.45. The maximum absolute atomic E-state index is 12.5. The highest BCUT2D eigenvalue weighted by Crippen LogP contribution is 2.23. The summed E-state index contributed by atoms with van der Waals surface area (Å²) in [5, 5.41) is 0. The van der Waals surface area contributed by atoms with Gasteiger partial charge < -0.3 is 4.90 Å². The molecule has 0 unspecified atom stereocenters. The van der Waals surface area contributed by atoms with Crippen molar-refractivity contribution in [3.05, 3.63) is 29.8 Å². The molecule has 0 radical (unpaired) electrons. The minimum Gasteiger partial charge on any atom is -0.341 e. The number of rotatable bonds is 4. The molecular formula is C16H24N2O3S. The second-order valence-electron chi connectivity index (χ2n) is 6.14. The van der Waals surface area contributed by atoms with E-state index in [0.717, 1.165) is 24.7 Å². The van der Waals surface area contributed by atoms with E-state index in [4.69, 9.17) is 0 Å². The van der Waals surface area contributed by atoms with Crippen LogP contribution in [0.15, 0.2) is 24.3 Å². The number of piperidine rings is 1. The molecule has 1 aromatic rings. The van der Waals surface area contributed by atoms with E-state index in [0.29, 0.717) is 24.7 Å². The summed E-state index contributed by atoms with van der Waals surface area (Å²) in [7, 11) is -3.50. The van der Waals surface area contributed by atoms with E-state index in [2.05, 4.69) is 6.92 Å². The first kappa shape index (κ1) is 16.8. The highest BCUT2D eigenvalue weighted by Gasteiger charge is 2.27. The summed E-state index contributed by atoms with van der Waals surface area (Å²) in [4.78, 5) is 14.3. The van der Waals surface area contributed by atoms with Crippen molar-refractivity contribution in [3.63, 3.8) is 0 Å². The Balaban J connectivity index is 2.21. The smallest absolute Gasteiger partial charge is 0.243 e. The van der Waals surface area contributed by atoms with Crippen molar-refractivity contribution >= 4 is 21.6 Å². The van der Waals surface area contributed by atoms with E-state index in [-0.39, 0.29) is 12.5 Å². The number of aryl methyl sites for hydroxylation is 1. The van der Waals surface area contributed by atoms with E-state index in [9.17, 15) is 13.2 Å². The summed E-state index contributed by atoms with van der Waals surface area (Å²) in [5.41, 5.74) is 1.41. The van der Waals surface area contributed by atoms with Crippen LogP contribution in [0.1, 0.15) is 25.3 Å². The minimum absolute atomic E-state index is 0.125. The van der Waals surface area contributed by atoms with Gasteiger partial charge in [-0.2, -0.15) is 0 Å². The molecule has 1 aromatic carbocycles. The molecular weight excluding hydrogens is 300 g/mol. The number of amides is 1. The van der Waals surface area contributed by atoms with Crippen molar-refractivity contribution in [1.82, 2.24) is 4.90 Å². The van der Waals surface area contributed by atoms with Crippen LogP contribution in [-0.4, -0.2) is 45.1 Å². The normalized spacial score (nSPS) is 19.0. The van der Waals surface area contributed by atoms with Gasteiger partial charge in [0.15, 0.2) is 0 Å². The molecule has 0 bridgehead atoms. The third kappa shape index (κ3) is 4.00. The van der Waals surface area contributed by atoms with Gasteiger partial charge in [-0.3, -0.25) is 9.10 Å². The first-order chi connectivity index (χ1) is 10.3. The van der Waals surface area contributed by atoms with Crippen LogP contribution in [0.5, 0.6) is 0 Å². The maximum Gasteiger partial charge on any atom is 0.243 e. The van der Waals surface area contributed by atoms with Crippen molar-refractivity contribution < 1.29 is 13.2 Å². The molecule has 5 nitrogen and oxygen atoms in total. The van der Waals surface area contributed by atoms with Crippen LogP contribution in [0, 0.1) is 12.8 Å². The van der Waals surface area contributed by atoms with Gasteiger partial charge in [0.05, 0.1) is 11.9 Å². The molecule has 0 N–H and O–H groups in total. The van der Waals surface area contributed by atoms with E-state index in [1.165, 1.54) is 4.31 Å². The molecule has 0 aliphatic carbocycles. The number of benzene rings is 1. The molecule has 22 heavy (non-hydrogen) atoms. The fraction of sp³-hybridized carbons (Fsp3) is 0.562. The largest absolute Gasteiger partial charge is 0.341 e. The fourth-order valence-electron chi connectivity index (χ4n) is 2.86. The van der Waals surface area contributed by atoms with Crippen LogP contribution < -0.4 is 4.31 Å². The maximum atomic E-state index is 12.5. The number of hydrogen-bond donors (Lipinski definition) is 0. The van der Waals surface area contributed by atoms with E-state index >= 15 is 0 Å². The third-order valence-electron chi connectivity index (χ3n) is 4.07. The van der Waals surface area contributed by atoms with Gasteiger partial charge in [0.25, 0.3) is 0 Å². The number of nitrogens with zero attached hydrogens (tertiary/aromatic N) is 2. The van der Waals surface area contributed by atoms with Gasteiger partial charge in [0.2, 0.25) is 15.9 Å². The molecule has 2 rings (SSSR count). The quantitative estimate of drug-likeness (QED) is 0.851. The summed E-state index contributed by atoms with van der Waals surface area (Å²) >= 11 is 0. The SMILES string of the molecule is Cc1ccccc1N(CC(=O)N1CCC[C@@H](C)C1)S(C)(=O)=O. The Morgan fingerprint density at radius 2 is 2.05 bits per heavy atom. The fourth-order valence-corrected chi connectivity index (χ4v) is 3.77. The molecule has 122 valence electrons. The lowest BCUT2D eigenvalue weighted by atomic mass is 10.0. The number of carbonyl (C=O) groups is 1. The zero-order chi connectivity index (χ0) is 16.3. The molecule has 1 aliphatic rings. The lowest BCUT2D eigenvalue weighted by Crippen LogP contribution is -2.46. The van der Waals surface area contributed by atoms with E-state index in [1.807, 2.05) is 19.1 Å². The standard InChI is InChI=1S/C16H24N2O3S/c1-13-7-6-10-17(11-13)16(19)12-18(22(3,20)21)15-9-5-4-8-14(15)2/h4-5,8-9,13H,6-7,10-12H2,1-3H3/t13-/m1/s1. The van der Waals surface area contributed by atoms with Crippen molar-refractivity contribution in [3.8, 4) is 0 Å². The Morgan fingerprint density at radius 3 is 2.64 bits per heavy atom. The molecule has 1 fully saturated rings. The van der Waals surface area contributed by atoms with Crippen molar-refractivity contribution in [2.45, 2.75) is 26.7 Å². The molecule has 1 saturated heterocycles. The van der Waals surface area contributed by atoms with E-state index in [1.54, 1.807) is 17.0 Å². The molecule has 1 amide bonds. The van der Waals surface area contributed by atoms with E-state index < -0.39 is 10.0 Å². The number of sulfonamides is 1. The molecule has 1 heterocycles. The predicted molar refractivity (Wildman–Crippen MR) is 88.3 cm³/mol. The Morgan fingerprint density at radius 1 is 1.36 bits per heavy atom. The summed E-state index contributed by atoms with van der Waals surface area (Å²) in [6.45, 7) is 5.27. The van der Waals surface area contributed by atoms with Gasteiger partial charge in [-0.05, 0) is 37.3 Å². The highest BCUT2D eigenvalue weighted by molar-refractivity contribution is 7.92. The minimum atomic E-state index is -3.50. The average molecular weight is 324 g/mol. The van der Waals surface area contributed by atoms with Crippen molar-refractivity contribution in [1.29, 1.82) is 0 Å². The second-order valence-corrected chi connectivity index (χ2v) is 8.05. The van der Waals surface area contributed by atoms with Crippen molar-refractivity contribution in [2.24, 2.45) is 5.92 Å². The molecule has 1 atom stereocenters. The van der Waals surface area contributed by atoms with Crippen LogP contribution >= 0.6 is 0 Å². The van der Waals surface area contributed by atoms with Gasteiger partial charge in [-0.25, -0.2) is 8.42 Å². The zero-order valence-corrected chi connectivity index (χ0v) is 14.3. The van der Waals surface area contributed by atoms with Crippen LogP contribution in [0.25, 0.3) is 0 Å². The average Bonchev–Trinajstić information content (AvgIpc) is 2.44.